The molecule has 5 heteroatoms. The van der Waals surface area contributed by atoms with Crippen molar-refractivity contribution in [3.05, 3.63) is 40.3 Å². The summed E-state index contributed by atoms with van der Waals surface area (Å²) < 4.78 is 1.46. The van der Waals surface area contributed by atoms with Crippen molar-refractivity contribution in [3.8, 4) is 0 Å². The Morgan fingerprint density at radius 2 is 1.96 bits per heavy atom. The molecule has 4 aliphatic rings. The van der Waals surface area contributed by atoms with Gasteiger partial charge in [-0.2, -0.15) is 5.10 Å². The Labute approximate surface area is 154 Å². The lowest BCUT2D eigenvalue weighted by molar-refractivity contribution is -0.0693. The highest BCUT2D eigenvalue weighted by Gasteiger charge is 2.49. The van der Waals surface area contributed by atoms with Gasteiger partial charge in [0.2, 0.25) is 0 Å². The second kappa shape index (κ2) is 6.03. The maximum absolute atomic E-state index is 12.1. The summed E-state index contributed by atoms with van der Waals surface area (Å²) in [4.78, 5) is 14.8. The van der Waals surface area contributed by atoms with Crippen LogP contribution in [-0.4, -0.2) is 44.0 Å². The third kappa shape index (κ3) is 2.85. The molecule has 2 saturated heterocycles. The third-order valence-corrected chi connectivity index (χ3v) is 7.31. The van der Waals surface area contributed by atoms with Crippen LogP contribution in [0.25, 0.3) is 0 Å². The van der Waals surface area contributed by atoms with Crippen molar-refractivity contribution in [1.29, 1.82) is 0 Å². The number of aryl methyl sites for hydroxylation is 1. The average molecular weight is 355 g/mol. The zero-order valence-electron chi connectivity index (χ0n) is 15.6. The van der Waals surface area contributed by atoms with Gasteiger partial charge in [-0.15, -0.1) is 0 Å². The highest BCUT2D eigenvalue weighted by Crippen LogP contribution is 2.47. The molecule has 3 heterocycles. The lowest BCUT2D eigenvalue weighted by atomic mass is 9.84. The van der Waals surface area contributed by atoms with Crippen LogP contribution >= 0.6 is 0 Å². The lowest BCUT2D eigenvalue weighted by Gasteiger charge is -2.45. The van der Waals surface area contributed by atoms with Crippen LogP contribution in [0, 0.1) is 24.7 Å². The molecule has 1 aromatic heterocycles. The smallest absolute Gasteiger partial charge is 0.266 e. The minimum atomic E-state index is -0.804. The number of aromatic nitrogens is 2. The fourth-order valence-corrected chi connectivity index (χ4v) is 6.16. The Morgan fingerprint density at radius 1 is 1.19 bits per heavy atom. The van der Waals surface area contributed by atoms with E-state index in [1.165, 1.54) is 36.9 Å². The Hall–Kier alpha value is -1.46. The Morgan fingerprint density at radius 3 is 2.62 bits per heavy atom. The first-order valence-electron chi connectivity index (χ1n) is 10.2. The first-order chi connectivity index (χ1) is 12.5. The Bertz CT molecular complexity index is 772. The average Bonchev–Trinajstić information content (AvgIpc) is 3.27. The molecule has 5 rings (SSSR count). The van der Waals surface area contributed by atoms with Gasteiger partial charge in [-0.05, 0) is 69.3 Å². The van der Waals surface area contributed by atoms with Gasteiger partial charge < -0.3 is 5.11 Å². The van der Waals surface area contributed by atoms with Crippen LogP contribution in [0.2, 0.25) is 0 Å². The van der Waals surface area contributed by atoms with Gasteiger partial charge in [0.1, 0.15) is 0 Å². The molecule has 2 aliphatic heterocycles. The van der Waals surface area contributed by atoms with Crippen molar-refractivity contribution in [2.75, 3.05) is 6.54 Å². The molecule has 0 spiro atoms. The SMILES string of the molecule is Cc1ccc(=O)n(CC2(O)C[C@H]3CC[C@@H](C2)N3C[C@@H]2C[C@H]3C=C[C@H]2C3)n1. The van der Waals surface area contributed by atoms with Crippen LogP contribution in [0.4, 0.5) is 0 Å². The standard InChI is InChI=1S/C21H29N3O2/c1-14-2-7-20(25)24(22-14)13-21(26)10-18-5-6-19(11-21)23(18)12-17-9-15-3-4-16(17)8-15/h2-4,7,15-19,26H,5-6,8-13H2,1H3/t15-,16-,17-,18-,19+,21?/m0/s1. The molecule has 0 aromatic carbocycles. The van der Waals surface area contributed by atoms with Crippen LogP contribution in [0.3, 0.4) is 0 Å². The highest BCUT2D eigenvalue weighted by molar-refractivity contribution is 5.12. The molecular formula is C21H29N3O2. The molecule has 4 bridgehead atoms. The van der Waals surface area contributed by atoms with Gasteiger partial charge in [0, 0.05) is 24.7 Å². The van der Waals surface area contributed by atoms with Gasteiger partial charge in [0.05, 0.1) is 17.8 Å². The summed E-state index contributed by atoms with van der Waals surface area (Å²) >= 11 is 0. The topological polar surface area (TPSA) is 58.4 Å². The van der Waals surface area contributed by atoms with Crippen LogP contribution < -0.4 is 5.56 Å². The van der Waals surface area contributed by atoms with E-state index < -0.39 is 5.60 Å². The Balaban J connectivity index is 1.29. The highest BCUT2D eigenvalue weighted by atomic mass is 16.3. The molecule has 1 saturated carbocycles. The van der Waals surface area contributed by atoms with E-state index in [0.29, 0.717) is 18.6 Å². The summed E-state index contributed by atoms with van der Waals surface area (Å²) in [5.41, 5.74) is -0.104. The first kappa shape index (κ1) is 16.7. The minimum Gasteiger partial charge on any atom is -0.388 e. The second-order valence-corrected chi connectivity index (χ2v) is 9.23. The summed E-state index contributed by atoms with van der Waals surface area (Å²) in [6.45, 7) is 3.40. The molecule has 140 valence electrons. The maximum Gasteiger partial charge on any atom is 0.266 e. The van der Waals surface area contributed by atoms with Crippen LogP contribution in [-0.2, 0) is 6.54 Å². The molecule has 0 amide bonds. The molecule has 1 aromatic rings. The summed E-state index contributed by atoms with van der Waals surface area (Å²) in [5, 5.41) is 15.6. The molecule has 5 nitrogen and oxygen atoms in total. The van der Waals surface area contributed by atoms with Crippen molar-refractivity contribution in [3.63, 3.8) is 0 Å². The summed E-state index contributed by atoms with van der Waals surface area (Å²) in [7, 11) is 0. The third-order valence-electron chi connectivity index (χ3n) is 7.31. The number of hydrogen-bond donors (Lipinski definition) is 1. The van der Waals surface area contributed by atoms with Crippen LogP contribution in [0.5, 0.6) is 0 Å². The number of fused-ring (bicyclic) bond motifs is 4. The monoisotopic (exact) mass is 355 g/mol. The van der Waals surface area contributed by atoms with Crippen molar-refractivity contribution in [1.82, 2.24) is 14.7 Å². The number of allylic oxidation sites excluding steroid dienone is 2. The van der Waals surface area contributed by atoms with Gasteiger partial charge in [0.25, 0.3) is 5.56 Å². The van der Waals surface area contributed by atoms with Gasteiger partial charge in [-0.1, -0.05) is 12.2 Å². The number of nitrogens with zero attached hydrogens (tertiary/aromatic N) is 3. The molecular weight excluding hydrogens is 326 g/mol. The van der Waals surface area contributed by atoms with E-state index in [2.05, 4.69) is 22.2 Å². The molecule has 2 aliphatic carbocycles. The van der Waals surface area contributed by atoms with Crippen LogP contribution in [0.1, 0.15) is 44.2 Å². The van der Waals surface area contributed by atoms with Crippen molar-refractivity contribution in [2.45, 2.75) is 69.7 Å². The lowest BCUT2D eigenvalue weighted by Crippen LogP contribution is -2.54. The quantitative estimate of drug-likeness (QED) is 0.841. The minimum absolute atomic E-state index is 0.118. The van der Waals surface area contributed by atoms with Gasteiger partial charge in [0.15, 0.2) is 0 Å². The summed E-state index contributed by atoms with van der Waals surface area (Å²) in [5.74, 6) is 2.42. The maximum atomic E-state index is 12.1. The molecule has 6 atom stereocenters. The van der Waals surface area contributed by atoms with E-state index >= 15 is 0 Å². The van der Waals surface area contributed by atoms with Gasteiger partial charge >= 0.3 is 0 Å². The number of piperidine rings is 1. The molecule has 1 N–H and O–H groups in total. The van der Waals surface area contributed by atoms with Gasteiger partial charge in [-0.25, -0.2) is 4.68 Å². The summed E-state index contributed by atoms with van der Waals surface area (Å²) in [6.07, 6.45) is 11.5. The summed E-state index contributed by atoms with van der Waals surface area (Å²) in [6, 6.07) is 4.21. The Kier molecular flexibility index (Phi) is 3.87. The van der Waals surface area contributed by atoms with E-state index in [-0.39, 0.29) is 5.56 Å². The zero-order valence-corrected chi connectivity index (χ0v) is 15.6. The van der Waals surface area contributed by atoms with E-state index in [9.17, 15) is 9.90 Å². The number of rotatable bonds is 4. The molecule has 0 radical (unpaired) electrons. The first-order valence-corrected chi connectivity index (χ1v) is 10.2. The molecule has 1 unspecified atom stereocenters. The fourth-order valence-electron chi connectivity index (χ4n) is 6.16. The van der Waals surface area contributed by atoms with Gasteiger partial charge in [-0.3, -0.25) is 9.69 Å². The largest absolute Gasteiger partial charge is 0.388 e. The second-order valence-electron chi connectivity index (χ2n) is 9.23. The van der Waals surface area contributed by atoms with E-state index in [0.717, 1.165) is 36.3 Å². The van der Waals surface area contributed by atoms with E-state index in [1.807, 2.05) is 6.92 Å². The van der Waals surface area contributed by atoms with Crippen LogP contribution in [0.15, 0.2) is 29.1 Å². The predicted octanol–water partition coefficient (Wildman–Crippen LogP) is 2.12. The van der Waals surface area contributed by atoms with Crippen molar-refractivity contribution in [2.24, 2.45) is 17.8 Å². The van der Waals surface area contributed by atoms with Crippen molar-refractivity contribution < 1.29 is 5.11 Å². The molecule has 3 fully saturated rings. The zero-order chi connectivity index (χ0) is 17.9. The molecule has 26 heavy (non-hydrogen) atoms. The normalized spacial score (nSPS) is 41.2. The fraction of sp³-hybridized carbons (Fsp3) is 0.714. The number of aliphatic hydroxyl groups is 1. The van der Waals surface area contributed by atoms with E-state index in [4.69, 9.17) is 0 Å². The van der Waals surface area contributed by atoms with Crippen molar-refractivity contribution >= 4 is 0 Å². The predicted molar refractivity (Wildman–Crippen MR) is 99.8 cm³/mol. The number of hydrogen-bond acceptors (Lipinski definition) is 4. The van der Waals surface area contributed by atoms with E-state index in [1.54, 1.807) is 12.1 Å².